The summed E-state index contributed by atoms with van der Waals surface area (Å²) < 4.78 is 13.2. The molecule has 0 fully saturated rings. The maximum absolute atomic E-state index is 10.9. The van der Waals surface area contributed by atoms with Gasteiger partial charge in [-0.15, -0.1) is 0 Å². The van der Waals surface area contributed by atoms with Crippen molar-refractivity contribution in [3.05, 3.63) is 108 Å². The Kier molecular flexibility index (Phi) is 3.68. The van der Waals surface area contributed by atoms with Crippen LogP contribution < -0.4 is 17.0 Å². The van der Waals surface area contributed by atoms with Gasteiger partial charge in [0.1, 0.15) is 0 Å². The molecule has 28 heavy (non-hydrogen) atoms. The highest BCUT2D eigenvalue weighted by Gasteiger charge is 2.61. The van der Waals surface area contributed by atoms with Crippen molar-refractivity contribution in [2.24, 2.45) is 0 Å². The van der Waals surface area contributed by atoms with Gasteiger partial charge in [-0.25, -0.2) is 0 Å². The van der Waals surface area contributed by atoms with Gasteiger partial charge in [0, 0.05) is 29.2 Å². The van der Waals surface area contributed by atoms with Crippen LogP contribution in [0.25, 0.3) is 0 Å². The fourth-order valence-electron chi connectivity index (χ4n) is 5.37. The maximum atomic E-state index is 10.9. The first kappa shape index (κ1) is 17.1. The smallest absolute Gasteiger partial charge is 0.232 e. The van der Waals surface area contributed by atoms with Gasteiger partial charge in [0.25, 0.3) is 0 Å². The van der Waals surface area contributed by atoms with E-state index in [9.17, 15) is 5.11 Å². The summed E-state index contributed by atoms with van der Waals surface area (Å²) >= 11 is 0. The minimum Gasteiger partial charge on any atom is -1.00 e. The van der Waals surface area contributed by atoms with Crippen LogP contribution in [0.15, 0.2) is 88.6 Å². The van der Waals surface area contributed by atoms with Crippen LogP contribution in [0.2, 0.25) is 0 Å². The van der Waals surface area contributed by atoms with E-state index in [-0.39, 0.29) is 29.8 Å². The van der Waals surface area contributed by atoms with E-state index in [1.165, 1.54) is 11.1 Å². The predicted molar refractivity (Wildman–Crippen MR) is 97.5 cm³/mol. The Labute approximate surface area is 168 Å². The lowest BCUT2D eigenvalue weighted by atomic mass is 9.54. The average Bonchev–Trinajstić information content (AvgIpc) is 3.43. The fraction of sp³-hybridized carbons (Fsp3) is 0.174. The Hall–Kier alpha value is -2.98. The van der Waals surface area contributed by atoms with Crippen LogP contribution in [0.5, 0.6) is 5.75 Å². The van der Waals surface area contributed by atoms with Crippen molar-refractivity contribution in [3.8, 4) is 5.75 Å². The van der Waals surface area contributed by atoms with Gasteiger partial charge in [0.15, 0.2) is 18.0 Å². The summed E-state index contributed by atoms with van der Waals surface area (Å²) in [5.74, 6) is 0.299. The molecular formula is C23H18ClNO3. The Morgan fingerprint density at radius 1 is 0.893 bits per heavy atom. The number of pyridine rings is 1. The zero-order valence-electron chi connectivity index (χ0n) is 15.0. The first-order valence-electron chi connectivity index (χ1n) is 9.18. The summed E-state index contributed by atoms with van der Waals surface area (Å²) in [5, 5.41) is 10.9. The number of hydrogen-bond donors (Lipinski definition) is 1. The lowest BCUT2D eigenvalue weighted by molar-refractivity contribution is -0.732. The molecule has 0 amide bonds. The zero-order chi connectivity index (χ0) is 18.0. The van der Waals surface area contributed by atoms with Crippen LogP contribution in [0.3, 0.4) is 0 Å². The van der Waals surface area contributed by atoms with Crippen LogP contribution in [-0.2, 0) is 5.41 Å². The van der Waals surface area contributed by atoms with Gasteiger partial charge < -0.3 is 26.3 Å². The number of hydrogen-bond acceptors (Lipinski definition) is 3. The number of fused-ring (bicyclic) bond motifs is 1. The molecule has 0 saturated carbocycles. The van der Waals surface area contributed by atoms with Gasteiger partial charge in [0.05, 0.1) is 36.4 Å². The highest BCUT2D eigenvalue weighted by atomic mass is 35.5. The van der Waals surface area contributed by atoms with Crippen LogP contribution >= 0.6 is 0 Å². The Bertz CT molecular complexity index is 1100. The summed E-state index contributed by atoms with van der Waals surface area (Å²) in [4.78, 5) is 0. The molecule has 3 aliphatic rings. The number of nitrogens with zero attached hydrogens (tertiary/aromatic N) is 1. The van der Waals surface area contributed by atoms with Gasteiger partial charge in [-0.05, 0) is 23.8 Å². The van der Waals surface area contributed by atoms with Crippen molar-refractivity contribution in [2.45, 2.75) is 23.8 Å². The lowest BCUT2D eigenvalue weighted by Crippen LogP contribution is -3.00. The summed E-state index contributed by atoms with van der Waals surface area (Å²) in [7, 11) is 0. The normalized spacial score (nSPS) is 20.9. The molecule has 3 aromatic heterocycles. The molecule has 5 heteroatoms. The van der Waals surface area contributed by atoms with Crippen molar-refractivity contribution in [3.63, 3.8) is 0 Å². The van der Waals surface area contributed by atoms with Gasteiger partial charge >= 0.3 is 0 Å². The van der Waals surface area contributed by atoms with E-state index < -0.39 is 0 Å². The molecule has 1 aromatic carbocycles. The second-order valence-electron chi connectivity index (χ2n) is 7.46. The third kappa shape index (κ3) is 1.98. The van der Waals surface area contributed by atoms with Crippen LogP contribution in [0, 0.1) is 0 Å². The van der Waals surface area contributed by atoms with Crippen molar-refractivity contribution in [2.75, 3.05) is 0 Å². The van der Waals surface area contributed by atoms with Gasteiger partial charge in [-0.1, -0.05) is 24.3 Å². The molecule has 7 rings (SSSR count). The molecule has 5 heterocycles. The third-order valence-electron chi connectivity index (χ3n) is 6.40. The molecule has 4 nitrogen and oxygen atoms in total. The average molecular weight is 392 g/mol. The molecule has 0 radical (unpaired) electrons. The van der Waals surface area contributed by atoms with Gasteiger partial charge in [0.2, 0.25) is 5.69 Å². The minimum atomic E-state index is -0.349. The van der Waals surface area contributed by atoms with Crippen LogP contribution in [-0.4, -0.2) is 5.11 Å². The maximum Gasteiger partial charge on any atom is 0.232 e. The van der Waals surface area contributed by atoms with E-state index in [1.54, 1.807) is 18.6 Å². The first-order valence-corrected chi connectivity index (χ1v) is 9.18. The highest BCUT2D eigenvalue weighted by molar-refractivity contribution is 5.55. The van der Waals surface area contributed by atoms with E-state index in [2.05, 4.69) is 35.0 Å². The number of halogens is 1. The molecule has 2 atom stereocenters. The molecule has 1 N–H and O–H groups in total. The van der Waals surface area contributed by atoms with E-state index in [4.69, 9.17) is 8.83 Å². The summed E-state index contributed by atoms with van der Waals surface area (Å²) in [6, 6.07) is 16.5. The van der Waals surface area contributed by atoms with Crippen molar-refractivity contribution >= 4 is 0 Å². The van der Waals surface area contributed by atoms with E-state index >= 15 is 0 Å². The molecule has 0 saturated heterocycles. The SMILES string of the molecule is Oc1ccc[n+]2c1C1c3ccccc3C2CC1(c1ccoc1)c1ccoc1.[Cl-]. The number of benzene rings is 1. The monoisotopic (exact) mass is 391 g/mol. The Morgan fingerprint density at radius 3 is 2.21 bits per heavy atom. The van der Waals surface area contributed by atoms with E-state index in [1.807, 2.05) is 30.7 Å². The summed E-state index contributed by atoms with van der Waals surface area (Å²) in [6.07, 6.45) is 10.1. The quantitative estimate of drug-likeness (QED) is 0.524. The Balaban J connectivity index is 0.00000171. The predicted octanol–water partition coefficient (Wildman–Crippen LogP) is 1.29. The molecular weight excluding hydrogens is 374 g/mol. The molecule has 140 valence electrons. The Morgan fingerprint density at radius 2 is 1.57 bits per heavy atom. The highest BCUT2D eigenvalue weighted by Crippen LogP contribution is 2.60. The number of aromatic nitrogens is 1. The molecule has 4 aromatic rings. The fourth-order valence-corrected chi connectivity index (χ4v) is 5.37. The first-order chi connectivity index (χ1) is 13.3. The zero-order valence-corrected chi connectivity index (χ0v) is 15.7. The second kappa shape index (κ2) is 6.01. The second-order valence-corrected chi connectivity index (χ2v) is 7.46. The van der Waals surface area contributed by atoms with Crippen LogP contribution in [0.1, 0.15) is 46.3 Å². The number of aromatic hydroxyl groups is 1. The largest absolute Gasteiger partial charge is 1.00 e. The summed E-state index contributed by atoms with van der Waals surface area (Å²) in [6.45, 7) is 0. The van der Waals surface area contributed by atoms with Crippen molar-refractivity contribution < 1.29 is 30.9 Å². The molecule has 1 aliphatic carbocycles. The van der Waals surface area contributed by atoms with Crippen molar-refractivity contribution in [1.29, 1.82) is 0 Å². The topological polar surface area (TPSA) is 50.4 Å². The van der Waals surface area contributed by atoms with Gasteiger partial charge in [-0.3, -0.25) is 0 Å². The minimum absolute atomic E-state index is 0. The molecule has 2 unspecified atom stereocenters. The van der Waals surface area contributed by atoms with Gasteiger partial charge in [-0.2, -0.15) is 4.57 Å². The van der Waals surface area contributed by atoms with E-state index in [0.717, 1.165) is 23.2 Å². The molecule has 0 spiro atoms. The number of rotatable bonds is 2. The van der Waals surface area contributed by atoms with Crippen LogP contribution in [0.4, 0.5) is 0 Å². The molecule has 2 aliphatic heterocycles. The summed E-state index contributed by atoms with van der Waals surface area (Å²) in [5.41, 5.74) is 5.42. The standard InChI is InChI=1S/C23H17NO3.ClH/c25-20-6-3-9-24-19-12-23(15-7-10-26-13-15,16-8-11-27-14-16)21(22(20)24)18-5-2-1-4-17(18)19;/h1-11,13-14,19,21H,12H2;1H. The molecule has 2 bridgehead atoms. The third-order valence-corrected chi connectivity index (χ3v) is 6.40. The van der Waals surface area contributed by atoms with E-state index in [0.29, 0.717) is 5.75 Å². The lowest BCUT2D eigenvalue weighted by Gasteiger charge is -2.48. The van der Waals surface area contributed by atoms with Crippen molar-refractivity contribution in [1.82, 2.24) is 0 Å². The number of furan rings is 2.